The lowest BCUT2D eigenvalue weighted by molar-refractivity contribution is -0.133. The first-order valence-corrected chi connectivity index (χ1v) is 7.14. The van der Waals surface area contributed by atoms with Crippen molar-refractivity contribution >= 4 is 5.91 Å². The van der Waals surface area contributed by atoms with E-state index in [1.54, 1.807) is 7.11 Å². The van der Waals surface area contributed by atoms with Crippen LogP contribution >= 0.6 is 0 Å². The number of methoxy groups -OCH3 is 1. The lowest BCUT2D eigenvalue weighted by atomic mass is 9.86. The molecule has 0 aliphatic carbocycles. The van der Waals surface area contributed by atoms with Gasteiger partial charge in [-0.25, -0.2) is 0 Å². The highest BCUT2D eigenvalue weighted by Gasteiger charge is 2.41. The number of aryl methyl sites for hydroxylation is 1. The summed E-state index contributed by atoms with van der Waals surface area (Å²) < 4.78 is 5.25. The molecule has 1 heterocycles. The van der Waals surface area contributed by atoms with Gasteiger partial charge in [-0.15, -0.1) is 0 Å². The van der Waals surface area contributed by atoms with E-state index in [9.17, 15) is 4.79 Å². The predicted molar refractivity (Wildman–Crippen MR) is 79.5 cm³/mol. The van der Waals surface area contributed by atoms with Crippen molar-refractivity contribution < 1.29 is 9.53 Å². The number of rotatable bonds is 5. The highest BCUT2D eigenvalue weighted by atomic mass is 16.5. The molecule has 1 saturated heterocycles. The molecule has 0 aromatic heterocycles. The summed E-state index contributed by atoms with van der Waals surface area (Å²) in [6.07, 6.45) is 0.827. The zero-order valence-electron chi connectivity index (χ0n) is 12.5. The minimum absolute atomic E-state index is 0.0115. The minimum Gasteiger partial charge on any atom is -0.384 e. The molecular formula is C16H24N2O2. The lowest BCUT2D eigenvalue weighted by Gasteiger charge is -2.28. The molecule has 1 amide bonds. The number of hydrogen-bond acceptors (Lipinski definition) is 3. The molecule has 110 valence electrons. The van der Waals surface area contributed by atoms with Crippen molar-refractivity contribution in [2.75, 3.05) is 26.8 Å². The monoisotopic (exact) mass is 276 g/mol. The fourth-order valence-electron chi connectivity index (χ4n) is 2.69. The van der Waals surface area contributed by atoms with Crippen LogP contribution in [0.25, 0.3) is 0 Å². The smallest absolute Gasteiger partial charge is 0.230 e. The summed E-state index contributed by atoms with van der Waals surface area (Å²) in [5.74, 6) is 0.0809. The van der Waals surface area contributed by atoms with E-state index in [-0.39, 0.29) is 11.9 Å². The first kappa shape index (κ1) is 15.0. The number of carbonyl (C=O) groups excluding carboxylic acids is 1. The summed E-state index contributed by atoms with van der Waals surface area (Å²) in [5, 5.41) is 6.38. The summed E-state index contributed by atoms with van der Waals surface area (Å²) >= 11 is 0. The summed E-state index contributed by atoms with van der Waals surface area (Å²) in [5.41, 5.74) is 1.93. The van der Waals surface area contributed by atoms with E-state index in [1.165, 1.54) is 5.56 Å². The molecule has 4 heteroatoms. The molecule has 0 radical (unpaired) electrons. The molecule has 1 aromatic carbocycles. The quantitative estimate of drug-likeness (QED) is 0.862. The van der Waals surface area contributed by atoms with Crippen molar-refractivity contribution in [3.05, 3.63) is 35.4 Å². The Balaban J connectivity index is 2.04. The molecule has 1 aliphatic rings. The Kier molecular flexibility index (Phi) is 4.78. The van der Waals surface area contributed by atoms with Crippen molar-refractivity contribution in [1.82, 2.24) is 10.6 Å². The van der Waals surface area contributed by atoms with Gasteiger partial charge >= 0.3 is 0 Å². The number of hydrogen-bond donors (Lipinski definition) is 2. The van der Waals surface area contributed by atoms with Crippen molar-refractivity contribution in [2.24, 2.45) is 5.41 Å². The SMILES string of the molecule is COCC1(C(=O)NC(C)c2ccc(C)cc2)CCNC1. The van der Waals surface area contributed by atoms with Crippen LogP contribution in [0.15, 0.2) is 24.3 Å². The Hall–Kier alpha value is -1.39. The zero-order chi connectivity index (χ0) is 14.6. The molecule has 0 bridgehead atoms. The van der Waals surface area contributed by atoms with E-state index in [0.717, 1.165) is 18.5 Å². The van der Waals surface area contributed by atoms with Crippen LogP contribution in [-0.2, 0) is 9.53 Å². The molecule has 1 fully saturated rings. The molecule has 20 heavy (non-hydrogen) atoms. The molecule has 2 atom stereocenters. The number of amides is 1. The fraction of sp³-hybridized carbons (Fsp3) is 0.562. The Labute approximate surface area is 120 Å². The van der Waals surface area contributed by atoms with Gasteiger partial charge in [0.1, 0.15) is 0 Å². The Morgan fingerprint density at radius 1 is 1.45 bits per heavy atom. The summed E-state index contributed by atoms with van der Waals surface area (Å²) in [4.78, 5) is 12.6. The van der Waals surface area contributed by atoms with Crippen molar-refractivity contribution in [2.45, 2.75) is 26.3 Å². The summed E-state index contributed by atoms with van der Waals surface area (Å²) in [6.45, 7) is 6.10. The third-order valence-corrected chi connectivity index (χ3v) is 4.07. The molecule has 1 aromatic rings. The van der Waals surface area contributed by atoms with Gasteiger partial charge in [-0.2, -0.15) is 0 Å². The first-order chi connectivity index (χ1) is 9.57. The van der Waals surface area contributed by atoms with Gasteiger partial charge in [0.2, 0.25) is 5.91 Å². The Bertz CT molecular complexity index is 450. The molecule has 4 nitrogen and oxygen atoms in total. The molecule has 0 spiro atoms. The molecule has 2 unspecified atom stereocenters. The molecule has 2 N–H and O–H groups in total. The standard InChI is InChI=1S/C16H24N2O2/c1-12-4-6-14(7-5-12)13(2)18-15(19)16(11-20-3)8-9-17-10-16/h4-7,13,17H,8-11H2,1-3H3,(H,18,19). The van der Waals surface area contributed by atoms with Crippen LogP contribution in [0.3, 0.4) is 0 Å². The molecule has 1 aliphatic heterocycles. The van der Waals surface area contributed by atoms with Crippen molar-refractivity contribution in [3.8, 4) is 0 Å². The van der Waals surface area contributed by atoms with Gasteiger partial charge in [0.25, 0.3) is 0 Å². The highest BCUT2D eigenvalue weighted by molar-refractivity contribution is 5.83. The average molecular weight is 276 g/mol. The van der Waals surface area contributed by atoms with Gasteiger partial charge in [-0.3, -0.25) is 4.79 Å². The second-order valence-electron chi connectivity index (χ2n) is 5.75. The van der Waals surface area contributed by atoms with E-state index in [2.05, 4.69) is 41.8 Å². The molecular weight excluding hydrogens is 252 g/mol. The van der Waals surface area contributed by atoms with Gasteiger partial charge in [0.15, 0.2) is 0 Å². The van der Waals surface area contributed by atoms with Crippen LogP contribution in [0.4, 0.5) is 0 Å². The van der Waals surface area contributed by atoms with Crippen LogP contribution in [-0.4, -0.2) is 32.7 Å². The second kappa shape index (κ2) is 6.37. The largest absolute Gasteiger partial charge is 0.384 e. The van der Waals surface area contributed by atoms with E-state index in [4.69, 9.17) is 4.74 Å². The predicted octanol–water partition coefficient (Wildman–Crippen LogP) is 1.80. The van der Waals surface area contributed by atoms with E-state index in [1.807, 2.05) is 6.92 Å². The first-order valence-electron chi connectivity index (χ1n) is 7.14. The van der Waals surface area contributed by atoms with E-state index >= 15 is 0 Å². The maximum atomic E-state index is 12.6. The third kappa shape index (κ3) is 3.19. The van der Waals surface area contributed by atoms with E-state index < -0.39 is 5.41 Å². The Morgan fingerprint density at radius 3 is 2.70 bits per heavy atom. The minimum atomic E-state index is -0.423. The number of nitrogens with one attached hydrogen (secondary N) is 2. The highest BCUT2D eigenvalue weighted by Crippen LogP contribution is 2.27. The zero-order valence-corrected chi connectivity index (χ0v) is 12.5. The maximum Gasteiger partial charge on any atom is 0.230 e. The van der Waals surface area contributed by atoms with Gasteiger partial charge in [-0.05, 0) is 32.4 Å². The van der Waals surface area contributed by atoms with Gasteiger partial charge < -0.3 is 15.4 Å². The van der Waals surface area contributed by atoms with Crippen LogP contribution < -0.4 is 10.6 Å². The second-order valence-corrected chi connectivity index (χ2v) is 5.75. The third-order valence-electron chi connectivity index (χ3n) is 4.07. The number of carbonyl (C=O) groups is 1. The fourth-order valence-corrected chi connectivity index (χ4v) is 2.69. The molecule has 2 rings (SSSR count). The van der Waals surface area contributed by atoms with Crippen LogP contribution in [0.2, 0.25) is 0 Å². The topological polar surface area (TPSA) is 50.4 Å². The van der Waals surface area contributed by atoms with Crippen LogP contribution in [0.5, 0.6) is 0 Å². The van der Waals surface area contributed by atoms with Gasteiger partial charge in [0.05, 0.1) is 18.1 Å². The van der Waals surface area contributed by atoms with Crippen molar-refractivity contribution in [3.63, 3.8) is 0 Å². The number of ether oxygens (including phenoxy) is 1. The van der Waals surface area contributed by atoms with E-state index in [0.29, 0.717) is 13.2 Å². The van der Waals surface area contributed by atoms with Crippen molar-refractivity contribution in [1.29, 1.82) is 0 Å². The van der Waals surface area contributed by atoms with Gasteiger partial charge in [0, 0.05) is 13.7 Å². The molecule has 0 saturated carbocycles. The Morgan fingerprint density at radius 2 is 2.15 bits per heavy atom. The van der Waals surface area contributed by atoms with Gasteiger partial charge in [-0.1, -0.05) is 29.8 Å². The lowest BCUT2D eigenvalue weighted by Crippen LogP contribution is -2.46. The van der Waals surface area contributed by atoms with Crippen LogP contribution in [0, 0.1) is 12.3 Å². The average Bonchev–Trinajstić information content (AvgIpc) is 2.89. The summed E-state index contributed by atoms with van der Waals surface area (Å²) in [6, 6.07) is 8.28. The maximum absolute atomic E-state index is 12.6. The normalized spacial score (nSPS) is 23.6. The summed E-state index contributed by atoms with van der Waals surface area (Å²) in [7, 11) is 1.65. The van der Waals surface area contributed by atoms with Crippen LogP contribution in [0.1, 0.15) is 30.5 Å². The number of benzene rings is 1.